The van der Waals surface area contributed by atoms with Gasteiger partial charge in [-0.3, -0.25) is 0 Å². The van der Waals surface area contributed by atoms with E-state index < -0.39 is 0 Å². The summed E-state index contributed by atoms with van der Waals surface area (Å²) in [5, 5.41) is 11.4. The van der Waals surface area contributed by atoms with Crippen molar-refractivity contribution in [2.45, 2.75) is 59.2 Å². The van der Waals surface area contributed by atoms with Gasteiger partial charge in [0.25, 0.3) is 0 Å². The van der Waals surface area contributed by atoms with E-state index in [1.54, 1.807) is 0 Å². The van der Waals surface area contributed by atoms with Gasteiger partial charge < -0.3 is 19.6 Å². The quantitative estimate of drug-likeness (QED) is 0.707. The molecule has 2 aliphatic rings. The van der Waals surface area contributed by atoms with E-state index in [-0.39, 0.29) is 6.10 Å². The Kier molecular flexibility index (Phi) is 8.26. The first-order valence-corrected chi connectivity index (χ1v) is 11.9. The summed E-state index contributed by atoms with van der Waals surface area (Å²) < 4.78 is 6.26. The number of rotatable bonds is 7. The van der Waals surface area contributed by atoms with E-state index >= 15 is 0 Å². The molecule has 2 fully saturated rings. The Morgan fingerprint density at radius 2 is 1.97 bits per heavy atom. The molecule has 164 valence electrons. The number of hydrogen-bond donors (Lipinski definition) is 2. The molecule has 0 radical (unpaired) electrons. The molecule has 4 atom stereocenters. The Balaban J connectivity index is 1.43. The maximum atomic E-state index is 10.6. The number of aliphatic hydroxyl groups excluding tert-OH is 1. The predicted octanol–water partition coefficient (Wildman–Crippen LogP) is 3.19. The molecule has 0 aromatic heterocycles. The summed E-state index contributed by atoms with van der Waals surface area (Å²) in [5.41, 5.74) is 2.51. The van der Waals surface area contributed by atoms with Gasteiger partial charge in [0.15, 0.2) is 0 Å². The number of piperazine rings is 1. The normalized spacial score (nSPS) is 27.4. The molecule has 1 saturated carbocycles. The number of hydrogen-bond acceptors (Lipinski definition) is 3. The van der Waals surface area contributed by atoms with Crippen molar-refractivity contribution in [2.24, 2.45) is 17.8 Å². The minimum atomic E-state index is -0.380. The lowest BCUT2D eigenvalue weighted by molar-refractivity contribution is -0.903. The number of ether oxygens (including phenoxy) is 1. The van der Waals surface area contributed by atoms with Crippen LogP contribution in [0, 0.1) is 24.7 Å². The lowest BCUT2D eigenvalue weighted by Crippen LogP contribution is -3.16. The summed E-state index contributed by atoms with van der Waals surface area (Å²) in [6.07, 6.45) is 3.64. The zero-order valence-corrected chi connectivity index (χ0v) is 19.4. The third-order valence-corrected chi connectivity index (χ3v) is 7.21. The molecular formula is C24H40ClN2O2+. The molecule has 0 bridgehead atoms. The average Bonchev–Trinajstić information content (AvgIpc) is 2.69. The molecule has 1 saturated heterocycles. The Bertz CT molecular complexity index is 646. The highest BCUT2D eigenvalue weighted by atomic mass is 35.5. The predicted molar refractivity (Wildman–Crippen MR) is 121 cm³/mol. The number of aliphatic hydroxyl groups is 1. The molecule has 5 heteroatoms. The van der Waals surface area contributed by atoms with Crippen LogP contribution in [0.25, 0.3) is 0 Å². The first-order valence-electron chi connectivity index (χ1n) is 11.5. The van der Waals surface area contributed by atoms with Crippen molar-refractivity contribution in [2.75, 3.05) is 44.2 Å². The van der Waals surface area contributed by atoms with Crippen molar-refractivity contribution in [3.8, 4) is 0 Å². The van der Waals surface area contributed by atoms with Crippen molar-refractivity contribution in [3.63, 3.8) is 0 Å². The summed E-state index contributed by atoms with van der Waals surface area (Å²) in [7, 11) is 0. The lowest BCUT2D eigenvalue weighted by atomic mass is 9.75. The fourth-order valence-corrected chi connectivity index (χ4v) is 5.29. The number of anilines is 1. The van der Waals surface area contributed by atoms with Gasteiger partial charge in [0.05, 0.1) is 38.9 Å². The largest absolute Gasteiger partial charge is 0.385 e. The maximum Gasteiger partial charge on any atom is 0.126 e. The summed E-state index contributed by atoms with van der Waals surface area (Å²) >= 11 is 6.19. The highest BCUT2D eigenvalue weighted by Crippen LogP contribution is 2.35. The smallest absolute Gasteiger partial charge is 0.126 e. The molecular weight excluding hydrogens is 384 g/mol. The van der Waals surface area contributed by atoms with Crippen LogP contribution in [0.1, 0.15) is 45.6 Å². The third kappa shape index (κ3) is 6.33. The second kappa shape index (κ2) is 10.5. The van der Waals surface area contributed by atoms with Crippen molar-refractivity contribution in [1.29, 1.82) is 0 Å². The van der Waals surface area contributed by atoms with Gasteiger partial charge in [-0.05, 0) is 55.2 Å². The number of halogens is 1. The van der Waals surface area contributed by atoms with E-state index in [1.165, 1.54) is 29.0 Å². The fourth-order valence-electron chi connectivity index (χ4n) is 5.12. The van der Waals surface area contributed by atoms with Crippen molar-refractivity contribution >= 4 is 17.3 Å². The number of quaternary nitrogens is 1. The highest BCUT2D eigenvalue weighted by Gasteiger charge is 2.32. The topological polar surface area (TPSA) is 37.1 Å². The van der Waals surface area contributed by atoms with E-state index in [1.807, 2.05) is 6.07 Å². The zero-order valence-electron chi connectivity index (χ0n) is 18.7. The zero-order chi connectivity index (χ0) is 21.0. The number of aryl methyl sites for hydroxylation is 1. The summed E-state index contributed by atoms with van der Waals surface area (Å²) in [6, 6.07) is 6.12. The van der Waals surface area contributed by atoms with E-state index in [2.05, 4.69) is 44.7 Å². The average molecular weight is 424 g/mol. The van der Waals surface area contributed by atoms with Gasteiger partial charge >= 0.3 is 0 Å². The Morgan fingerprint density at radius 1 is 1.24 bits per heavy atom. The van der Waals surface area contributed by atoms with Crippen LogP contribution in [0.3, 0.4) is 0 Å². The molecule has 1 aliphatic carbocycles. The SMILES string of the molecule is Cc1ccc(Cl)cc1N1CC[NH+](C[C@H](O)CO[C@H]2C[C@H](C)CC[C@H]2C(C)C)CC1. The number of nitrogens with one attached hydrogen (secondary N) is 1. The maximum absolute atomic E-state index is 10.6. The molecule has 1 aromatic carbocycles. The number of benzene rings is 1. The van der Waals surface area contributed by atoms with Crippen LogP contribution >= 0.6 is 11.6 Å². The van der Waals surface area contributed by atoms with Crippen LogP contribution in [-0.2, 0) is 4.74 Å². The van der Waals surface area contributed by atoms with E-state index in [9.17, 15) is 5.11 Å². The van der Waals surface area contributed by atoms with Crippen LogP contribution in [0.15, 0.2) is 18.2 Å². The van der Waals surface area contributed by atoms with Gasteiger partial charge in [0.2, 0.25) is 0 Å². The fraction of sp³-hybridized carbons (Fsp3) is 0.750. The molecule has 0 amide bonds. The van der Waals surface area contributed by atoms with E-state index in [0.717, 1.165) is 50.1 Å². The first-order chi connectivity index (χ1) is 13.8. The monoisotopic (exact) mass is 423 g/mol. The summed E-state index contributed by atoms with van der Waals surface area (Å²) in [6.45, 7) is 14.4. The Labute approximate surface area is 182 Å². The van der Waals surface area contributed by atoms with Gasteiger partial charge in [0, 0.05) is 10.7 Å². The van der Waals surface area contributed by atoms with Gasteiger partial charge in [-0.25, -0.2) is 0 Å². The Hall–Kier alpha value is -0.810. The molecule has 1 heterocycles. The van der Waals surface area contributed by atoms with E-state index in [4.69, 9.17) is 16.3 Å². The van der Waals surface area contributed by atoms with Crippen LogP contribution in [0.5, 0.6) is 0 Å². The third-order valence-electron chi connectivity index (χ3n) is 6.97. The Morgan fingerprint density at radius 3 is 2.66 bits per heavy atom. The van der Waals surface area contributed by atoms with Crippen LogP contribution in [0.2, 0.25) is 5.02 Å². The molecule has 2 N–H and O–H groups in total. The standard InChI is InChI=1S/C24H39ClN2O2/c1-17(2)22-8-5-18(3)13-24(22)29-16-21(28)15-26-9-11-27(12-10-26)23-14-20(25)7-6-19(23)4/h6-7,14,17-18,21-22,24,28H,5,8-13,15-16H2,1-4H3/p+1/t18-,21+,22+,24+/m1/s1. The molecule has 0 unspecified atom stereocenters. The second-order valence-electron chi connectivity index (χ2n) is 9.72. The van der Waals surface area contributed by atoms with Crippen LogP contribution in [0.4, 0.5) is 5.69 Å². The highest BCUT2D eigenvalue weighted by molar-refractivity contribution is 6.30. The van der Waals surface area contributed by atoms with E-state index in [0.29, 0.717) is 24.5 Å². The molecule has 3 rings (SSSR count). The van der Waals surface area contributed by atoms with Crippen LogP contribution in [-0.4, -0.2) is 56.6 Å². The summed E-state index contributed by atoms with van der Waals surface area (Å²) in [4.78, 5) is 3.89. The van der Waals surface area contributed by atoms with Gasteiger partial charge in [-0.15, -0.1) is 0 Å². The lowest BCUT2D eigenvalue weighted by Gasteiger charge is -2.38. The van der Waals surface area contributed by atoms with Crippen LogP contribution < -0.4 is 9.80 Å². The van der Waals surface area contributed by atoms with Gasteiger partial charge in [-0.1, -0.05) is 44.9 Å². The molecule has 29 heavy (non-hydrogen) atoms. The van der Waals surface area contributed by atoms with Crippen molar-refractivity contribution in [1.82, 2.24) is 0 Å². The van der Waals surface area contributed by atoms with Gasteiger partial charge in [0.1, 0.15) is 12.6 Å². The molecule has 0 spiro atoms. The molecule has 4 nitrogen and oxygen atoms in total. The molecule has 1 aromatic rings. The van der Waals surface area contributed by atoms with Gasteiger partial charge in [-0.2, -0.15) is 0 Å². The van der Waals surface area contributed by atoms with Crippen molar-refractivity contribution in [3.05, 3.63) is 28.8 Å². The number of nitrogens with zero attached hydrogens (tertiary/aromatic N) is 1. The molecule has 1 aliphatic heterocycles. The second-order valence-corrected chi connectivity index (χ2v) is 10.2. The van der Waals surface area contributed by atoms with Crippen molar-refractivity contribution < 1.29 is 14.7 Å². The minimum Gasteiger partial charge on any atom is -0.385 e. The first kappa shape index (κ1) is 22.9. The minimum absolute atomic E-state index is 0.311. The summed E-state index contributed by atoms with van der Waals surface area (Å²) in [5.74, 6) is 2.02.